The predicted octanol–water partition coefficient (Wildman–Crippen LogP) is 5.36. The zero-order valence-corrected chi connectivity index (χ0v) is 20.3. The lowest BCUT2D eigenvalue weighted by atomic mass is 10.1. The maximum Gasteiger partial charge on any atom is 0.343 e. The monoisotopic (exact) mass is 532 g/mol. The first-order valence-electron chi connectivity index (χ1n) is 10.6. The zero-order valence-electron chi connectivity index (χ0n) is 18.7. The van der Waals surface area contributed by atoms with Crippen molar-refractivity contribution < 1.29 is 23.8 Å². The first kappa shape index (κ1) is 24.0. The number of benzene rings is 4. The van der Waals surface area contributed by atoms with E-state index in [1.165, 1.54) is 13.3 Å². The van der Waals surface area contributed by atoms with E-state index in [9.17, 15) is 9.59 Å². The molecule has 0 radical (unpaired) electrons. The predicted molar refractivity (Wildman–Crippen MR) is 137 cm³/mol. The van der Waals surface area contributed by atoms with Crippen molar-refractivity contribution in [3.63, 3.8) is 0 Å². The van der Waals surface area contributed by atoms with Crippen LogP contribution in [-0.4, -0.2) is 31.8 Å². The van der Waals surface area contributed by atoms with Gasteiger partial charge in [0.25, 0.3) is 5.91 Å². The van der Waals surface area contributed by atoms with E-state index in [1.54, 1.807) is 36.4 Å². The Morgan fingerprint density at radius 2 is 1.71 bits per heavy atom. The maximum absolute atomic E-state index is 12.4. The van der Waals surface area contributed by atoms with E-state index in [0.717, 1.165) is 15.2 Å². The molecule has 0 atom stereocenters. The number of hydrazone groups is 1. The normalized spacial score (nSPS) is 10.8. The lowest BCUT2D eigenvalue weighted by Crippen LogP contribution is -2.24. The van der Waals surface area contributed by atoms with Gasteiger partial charge in [-0.2, -0.15) is 5.10 Å². The summed E-state index contributed by atoms with van der Waals surface area (Å²) in [6, 6.07) is 25.3. The number of nitrogens with zero attached hydrogens (tertiary/aromatic N) is 1. The van der Waals surface area contributed by atoms with Gasteiger partial charge in [0.05, 0.1) is 18.9 Å². The number of esters is 1. The molecule has 0 fully saturated rings. The van der Waals surface area contributed by atoms with Crippen molar-refractivity contribution in [2.24, 2.45) is 5.10 Å². The van der Waals surface area contributed by atoms with Crippen LogP contribution in [0.25, 0.3) is 10.8 Å². The first-order valence-corrected chi connectivity index (χ1v) is 11.4. The van der Waals surface area contributed by atoms with Gasteiger partial charge in [-0.3, -0.25) is 4.79 Å². The lowest BCUT2D eigenvalue weighted by molar-refractivity contribution is -0.123. The molecular weight excluding hydrogens is 512 g/mol. The molecule has 4 rings (SSSR count). The number of rotatable bonds is 8. The summed E-state index contributed by atoms with van der Waals surface area (Å²) >= 11 is 3.33. The van der Waals surface area contributed by atoms with Crippen LogP contribution in [-0.2, 0) is 4.79 Å². The van der Waals surface area contributed by atoms with Gasteiger partial charge < -0.3 is 14.2 Å². The standard InChI is InChI=1S/C27H21BrN2O5/c1-33-25-14-18(12-13-24(25)35-27(32)20-8-4-9-21(28)15-20)16-29-30-26(31)17-34-23-11-5-7-19-6-2-3-10-22(19)23/h2-16H,17H2,1H3,(H,30,31)/b29-16-. The highest BCUT2D eigenvalue weighted by atomic mass is 79.9. The van der Waals surface area contributed by atoms with Crippen molar-refractivity contribution in [3.8, 4) is 17.2 Å². The highest BCUT2D eigenvalue weighted by molar-refractivity contribution is 9.10. The van der Waals surface area contributed by atoms with Crippen LogP contribution >= 0.6 is 15.9 Å². The molecule has 4 aromatic rings. The Morgan fingerprint density at radius 1 is 0.914 bits per heavy atom. The van der Waals surface area contributed by atoms with Crippen molar-refractivity contribution in [2.75, 3.05) is 13.7 Å². The van der Waals surface area contributed by atoms with Gasteiger partial charge in [0.1, 0.15) is 5.75 Å². The van der Waals surface area contributed by atoms with E-state index in [-0.39, 0.29) is 12.4 Å². The van der Waals surface area contributed by atoms with E-state index in [4.69, 9.17) is 14.2 Å². The van der Waals surface area contributed by atoms with E-state index >= 15 is 0 Å². The minimum Gasteiger partial charge on any atom is -0.493 e. The molecule has 0 aliphatic heterocycles. The maximum atomic E-state index is 12.4. The summed E-state index contributed by atoms with van der Waals surface area (Å²) in [5.41, 5.74) is 3.48. The van der Waals surface area contributed by atoms with Crippen LogP contribution < -0.4 is 19.6 Å². The zero-order chi connectivity index (χ0) is 24.6. The van der Waals surface area contributed by atoms with Gasteiger partial charge >= 0.3 is 5.97 Å². The number of hydrogen-bond donors (Lipinski definition) is 1. The molecule has 0 bridgehead atoms. The number of carbonyl (C=O) groups is 2. The smallest absolute Gasteiger partial charge is 0.343 e. The summed E-state index contributed by atoms with van der Waals surface area (Å²) in [6.07, 6.45) is 1.46. The lowest BCUT2D eigenvalue weighted by Gasteiger charge is -2.10. The number of methoxy groups -OCH3 is 1. The number of ether oxygens (including phenoxy) is 3. The molecule has 0 saturated heterocycles. The van der Waals surface area contributed by atoms with E-state index in [2.05, 4.69) is 26.5 Å². The average Bonchev–Trinajstić information content (AvgIpc) is 2.88. The van der Waals surface area contributed by atoms with Gasteiger partial charge in [-0.15, -0.1) is 0 Å². The van der Waals surface area contributed by atoms with Gasteiger partial charge in [0.2, 0.25) is 0 Å². The van der Waals surface area contributed by atoms with Crippen molar-refractivity contribution in [1.82, 2.24) is 5.43 Å². The van der Waals surface area contributed by atoms with E-state index in [1.807, 2.05) is 48.5 Å². The Hall–Kier alpha value is -4.17. The number of amides is 1. The van der Waals surface area contributed by atoms with Crippen molar-refractivity contribution in [1.29, 1.82) is 0 Å². The fourth-order valence-corrected chi connectivity index (χ4v) is 3.70. The average molecular weight is 533 g/mol. The third-order valence-corrected chi connectivity index (χ3v) is 5.46. The van der Waals surface area contributed by atoms with Crippen molar-refractivity contribution in [3.05, 3.63) is 101 Å². The van der Waals surface area contributed by atoms with Crippen LogP contribution in [0.4, 0.5) is 0 Å². The summed E-state index contributed by atoms with van der Waals surface area (Å²) in [7, 11) is 1.47. The van der Waals surface area contributed by atoms with Gasteiger partial charge in [0, 0.05) is 9.86 Å². The van der Waals surface area contributed by atoms with Crippen LogP contribution in [0.15, 0.2) is 94.5 Å². The summed E-state index contributed by atoms with van der Waals surface area (Å²) in [4.78, 5) is 24.6. The molecule has 4 aromatic carbocycles. The number of carbonyl (C=O) groups excluding carboxylic acids is 2. The molecule has 35 heavy (non-hydrogen) atoms. The molecule has 0 aromatic heterocycles. The Morgan fingerprint density at radius 3 is 2.54 bits per heavy atom. The van der Waals surface area contributed by atoms with Crippen LogP contribution in [0, 0.1) is 0 Å². The second-order valence-electron chi connectivity index (χ2n) is 7.37. The summed E-state index contributed by atoms with van der Waals surface area (Å²) in [5.74, 6) is 0.329. The fourth-order valence-electron chi connectivity index (χ4n) is 3.30. The van der Waals surface area contributed by atoms with E-state index < -0.39 is 11.9 Å². The van der Waals surface area contributed by atoms with Crippen molar-refractivity contribution in [2.45, 2.75) is 0 Å². The van der Waals surface area contributed by atoms with Crippen molar-refractivity contribution >= 4 is 44.8 Å². The number of nitrogens with one attached hydrogen (secondary N) is 1. The van der Waals surface area contributed by atoms with Gasteiger partial charge in [0.15, 0.2) is 18.1 Å². The summed E-state index contributed by atoms with van der Waals surface area (Å²) in [5, 5.41) is 5.93. The van der Waals surface area contributed by atoms with Gasteiger partial charge in [-0.05, 0) is 53.4 Å². The molecule has 7 nitrogen and oxygen atoms in total. The van der Waals surface area contributed by atoms with Gasteiger partial charge in [-0.25, -0.2) is 10.2 Å². The third-order valence-electron chi connectivity index (χ3n) is 4.96. The Kier molecular flexibility index (Phi) is 7.74. The van der Waals surface area contributed by atoms with Crippen LogP contribution in [0.1, 0.15) is 15.9 Å². The number of hydrogen-bond acceptors (Lipinski definition) is 6. The minimum atomic E-state index is -0.510. The molecule has 0 saturated carbocycles. The molecule has 0 heterocycles. The van der Waals surface area contributed by atoms with Crippen LogP contribution in [0.3, 0.4) is 0 Å². The van der Waals surface area contributed by atoms with E-state index in [0.29, 0.717) is 22.6 Å². The Labute approximate surface area is 210 Å². The molecule has 0 unspecified atom stereocenters. The summed E-state index contributed by atoms with van der Waals surface area (Å²) < 4.78 is 17.2. The first-order chi connectivity index (χ1) is 17.0. The SMILES string of the molecule is COc1cc(/C=N\NC(=O)COc2cccc3ccccc23)ccc1OC(=O)c1cccc(Br)c1. The van der Waals surface area contributed by atoms with Crippen LogP contribution in [0.5, 0.6) is 17.2 Å². The Balaban J connectivity index is 1.34. The molecule has 0 aliphatic carbocycles. The molecule has 1 N–H and O–H groups in total. The molecular formula is C27H21BrN2O5. The molecule has 8 heteroatoms. The third kappa shape index (κ3) is 6.24. The Bertz CT molecular complexity index is 1400. The largest absolute Gasteiger partial charge is 0.493 e. The topological polar surface area (TPSA) is 86.2 Å². The molecule has 1 amide bonds. The molecule has 0 aliphatic rings. The molecule has 0 spiro atoms. The van der Waals surface area contributed by atoms with Crippen LogP contribution in [0.2, 0.25) is 0 Å². The quantitative estimate of drug-likeness (QED) is 0.143. The number of fused-ring (bicyclic) bond motifs is 1. The summed E-state index contributed by atoms with van der Waals surface area (Å²) in [6.45, 7) is -0.181. The van der Waals surface area contributed by atoms with Gasteiger partial charge in [-0.1, -0.05) is 58.4 Å². The second-order valence-corrected chi connectivity index (χ2v) is 8.28. The molecule has 176 valence electrons. The fraction of sp³-hybridized carbons (Fsp3) is 0.0741. The minimum absolute atomic E-state index is 0.181. The highest BCUT2D eigenvalue weighted by Gasteiger charge is 2.13. The highest BCUT2D eigenvalue weighted by Crippen LogP contribution is 2.29. The second kappa shape index (κ2) is 11.3. The number of halogens is 1.